The number of hydrogen-bond acceptors (Lipinski definition) is 2. The van der Waals surface area contributed by atoms with Crippen molar-refractivity contribution < 1.29 is 31.1 Å². The minimum Gasteiger partial charge on any atom is -0.351 e. The number of alkyl halides is 6. The summed E-state index contributed by atoms with van der Waals surface area (Å²) in [5.41, 5.74) is -2.48. The molecule has 0 unspecified atom stereocenters. The quantitative estimate of drug-likeness (QED) is 0.725. The van der Waals surface area contributed by atoms with Crippen LogP contribution in [0.5, 0.6) is 0 Å². The van der Waals surface area contributed by atoms with E-state index in [-0.39, 0.29) is 29.8 Å². The molecule has 0 bridgehead atoms. The van der Waals surface area contributed by atoms with E-state index in [1.807, 2.05) is 6.92 Å². The molecule has 2 heterocycles. The number of carbonyl (C=O) groups is 1. The zero-order valence-electron chi connectivity index (χ0n) is 15.5. The standard InChI is InChI=1S/C19H19F6N3O/c1-2-5-26-17(29)15-10-28-9-11(3-4-16(28)27-15)12-6-13(18(20,21)22)8-14(7-12)19(23,24)25/h6-8,10-11H,2-5,9H2,1H3,(H,26,29)/t11-/m1/s1. The smallest absolute Gasteiger partial charge is 0.351 e. The van der Waals surface area contributed by atoms with Gasteiger partial charge in [0, 0.05) is 31.6 Å². The Morgan fingerprint density at radius 3 is 2.31 bits per heavy atom. The second kappa shape index (κ2) is 7.72. The maximum absolute atomic E-state index is 13.1. The fourth-order valence-electron chi connectivity index (χ4n) is 3.37. The second-order valence-electron chi connectivity index (χ2n) is 7.03. The van der Waals surface area contributed by atoms with Crippen molar-refractivity contribution >= 4 is 5.91 Å². The van der Waals surface area contributed by atoms with Crippen molar-refractivity contribution in [2.75, 3.05) is 6.54 Å². The third-order valence-corrected chi connectivity index (χ3v) is 4.84. The highest BCUT2D eigenvalue weighted by atomic mass is 19.4. The molecule has 1 aromatic heterocycles. The molecular formula is C19H19F6N3O. The van der Waals surface area contributed by atoms with E-state index < -0.39 is 29.4 Å². The second-order valence-corrected chi connectivity index (χ2v) is 7.03. The van der Waals surface area contributed by atoms with Gasteiger partial charge in [-0.1, -0.05) is 6.92 Å². The van der Waals surface area contributed by atoms with Crippen LogP contribution in [0.2, 0.25) is 0 Å². The Kier molecular flexibility index (Phi) is 5.64. The van der Waals surface area contributed by atoms with E-state index in [1.54, 1.807) is 4.57 Å². The van der Waals surface area contributed by atoms with Gasteiger partial charge in [0.25, 0.3) is 5.91 Å². The molecule has 1 N–H and O–H groups in total. The Labute approximate surface area is 162 Å². The van der Waals surface area contributed by atoms with Gasteiger partial charge in [0.2, 0.25) is 0 Å². The Balaban J connectivity index is 1.90. The fourth-order valence-corrected chi connectivity index (χ4v) is 3.37. The number of nitrogens with zero attached hydrogens (tertiary/aromatic N) is 2. The summed E-state index contributed by atoms with van der Waals surface area (Å²) in [6, 6.07) is 1.68. The molecule has 1 aliphatic heterocycles. The number of imidazole rings is 1. The first-order chi connectivity index (χ1) is 13.5. The lowest BCUT2D eigenvalue weighted by molar-refractivity contribution is -0.143. The van der Waals surface area contributed by atoms with Gasteiger partial charge >= 0.3 is 12.4 Å². The zero-order chi connectivity index (χ0) is 21.4. The first-order valence-electron chi connectivity index (χ1n) is 9.12. The number of fused-ring (bicyclic) bond motifs is 1. The van der Waals surface area contributed by atoms with Crippen LogP contribution in [-0.4, -0.2) is 22.0 Å². The van der Waals surface area contributed by atoms with Crippen LogP contribution in [0, 0.1) is 0 Å². The van der Waals surface area contributed by atoms with Crippen molar-refractivity contribution in [2.45, 2.75) is 51.0 Å². The predicted molar refractivity (Wildman–Crippen MR) is 92.4 cm³/mol. The van der Waals surface area contributed by atoms with Crippen LogP contribution in [-0.2, 0) is 25.3 Å². The van der Waals surface area contributed by atoms with Crippen molar-refractivity contribution in [3.05, 3.63) is 52.6 Å². The SMILES string of the molecule is CCCNC(=O)c1cn2c(n1)CC[C@@H](c1cc(C(F)(F)F)cc(C(F)(F)F)c1)C2. The van der Waals surface area contributed by atoms with Gasteiger partial charge in [-0.2, -0.15) is 26.3 Å². The summed E-state index contributed by atoms with van der Waals surface area (Å²) >= 11 is 0. The van der Waals surface area contributed by atoms with Crippen LogP contribution >= 0.6 is 0 Å². The predicted octanol–water partition coefficient (Wildman–Crippen LogP) is 4.79. The summed E-state index contributed by atoms with van der Waals surface area (Å²) in [6.45, 7) is 2.53. The average molecular weight is 419 g/mol. The van der Waals surface area contributed by atoms with E-state index in [1.165, 1.54) is 6.20 Å². The van der Waals surface area contributed by atoms with Gasteiger partial charge in [-0.05, 0) is 36.6 Å². The van der Waals surface area contributed by atoms with E-state index >= 15 is 0 Å². The molecule has 2 aromatic rings. The number of benzene rings is 1. The van der Waals surface area contributed by atoms with E-state index in [0.717, 1.165) is 18.6 Å². The fraction of sp³-hybridized carbons (Fsp3) is 0.474. The van der Waals surface area contributed by atoms with Crippen molar-refractivity contribution in [3.8, 4) is 0 Å². The maximum atomic E-state index is 13.1. The number of halogens is 6. The van der Waals surface area contributed by atoms with Crippen LogP contribution in [0.4, 0.5) is 26.3 Å². The van der Waals surface area contributed by atoms with Gasteiger partial charge in [-0.25, -0.2) is 4.98 Å². The summed E-state index contributed by atoms with van der Waals surface area (Å²) < 4.78 is 80.3. The normalized spacial score (nSPS) is 17.1. The van der Waals surface area contributed by atoms with Crippen molar-refractivity contribution in [1.29, 1.82) is 0 Å². The zero-order valence-corrected chi connectivity index (χ0v) is 15.5. The summed E-state index contributed by atoms with van der Waals surface area (Å²) in [7, 11) is 0. The topological polar surface area (TPSA) is 46.9 Å². The molecule has 10 heteroatoms. The Morgan fingerprint density at radius 1 is 1.14 bits per heavy atom. The summed E-state index contributed by atoms with van der Waals surface area (Å²) in [5, 5.41) is 2.68. The molecule has 1 amide bonds. The first-order valence-corrected chi connectivity index (χ1v) is 9.12. The highest BCUT2D eigenvalue weighted by Gasteiger charge is 2.38. The van der Waals surface area contributed by atoms with E-state index in [0.29, 0.717) is 25.2 Å². The lowest BCUT2D eigenvalue weighted by Crippen LogP contribution is -2.24. The Morgan fingerprint density at radius 2 is 1.76 bits per heavy atom. The molecule has 3 rings (SSSR count). The molecular weight excluding hydrogens is 400 g/mol. The monoisotopic (exact) mass is 419 g/mol. The van der Waals surface area contributed by atoms with Crippen LogP contribution < -0.4 is 5.32 Å². The van der Waals surface area contributed by atoms with Gasteiger partial charge < -0.3 is 9.88 Å². The Hall–Kier alpha value is -2.52. The lowest BCUT2D eigenvalue weighted by Gasteiger charge is -2.25. The van der Waals surface area contributed by atoms with Crippen molar-refractivity contribution in [3.63, 3.8) is 0 Å². The molecule has 0 aliphatic carbocycles. The molecule has 0 spiro atoms. The van der Waals surface area contributed by atoms with Gasteiger partial charge in [0.1, 0.15) is 11.5 Å². The summed E-state index contributed by atoms with van der Waals surface area (Å²) in [5.74, 6) is -0.318. The maximum Gasteiger partial charge on any atom is 0.416 e. The van der Waals surface area contributed by atoms with Gasteiger partial charge in [0.15, 0.2) is 0 Å². The van der Waals surface area contributed by atoms with Crippen LogP contribution in [0.25, 0.3) is 0 Å². The van der Waals surface area contributed by atoms with Crippen LogP contribution in [0.3, 0.4) is 0 Å². The molecule has 4 nitrogen and oxygen atoms in total. The number of aryl methyl sites for hydroxylation is 1. The number of amides is 1. The molecule has 0 saturated carbocycles. The van der Waals surface area contributed by atoms with E-state index in [9.17, 15) is 31.1 Å². The molecule has 1 aromatic carbocycles. The molecule has 29 heavy (non-hydrogen) atoms. The number of carbonyl (C=O) groups excluding carboxylic acids is 1. The largest absolute Gasteiger partial charge is 0.416 e. The minimum atomic E-state index is -4.88. The van der Waals surface area contributed by atoms with Gasteiger partial charge in [0.05, 0.1) is 11.1 Å². The minimum absolute atomic E-state index is 0.0246. The highest BCUT2D eigenvalue weighted by molar-refractivity contribution is 5.92. The molecule has 0 saturated heterocycles. The molecule has 0 radical (unpaired) electrons. The van der Waals surface area contributed by atoms with Crippen molar-refractivity contribution in [2.24, 2.45) is 0 Å². The number of hydrogen-bond donors (Lipinski definition) is 1. The van der Waals surface area contributed by atoms with Crippen LogP contribution in [0.15, 0.2) is 24.4 Å². The van der Waals surface area contributed by atoms with Gasteiger partial charge in [-0.15, -0.1) is 0 Å². The molecule has 0 fully saturated rings. The Bertz CT molecular complexity index is 868. The number of nitrogens with one attached hydrogen (secondary N) is 1. The molecule has 1 atom stereocenters. The van der Waals surface area contributed by atoms with E-state index in [4.69, 9.17) is 0 Å². The summed E-state index contributed by atoms with van der Waals surface area (Å²) in [4.78, 5) is 16.3. The number of aromatic nitrogens is 2. The summed E-state index contributed by atoms with van der Waals surface area (Å²) in [6.07, 6.45) is -6.83. The molecule has 1 aliphatic rings. The highest BCUT2D eigenvalue weighted by Crippen LogP contribution is 2.39. The van der Waals surface area contributed by atoms with Gasteiger partial charge in [-0.3, -0.25) is 4.79 Å². The third-order valence-electron chi connectivity index (χ3n) is 4.84. The van der Waals surface area contributed by atoms with Crippen LogP contribution in [0.1, 0.15) is 58.7 Å². The average Bonchev–Trinajstić information content (AvgIpc) is 3.07. The van der Waals surface area contributed by atoms with E-state index in [2.05, 4.69) is 10.3 Å². The third kappa shape index (κ3) is 4.73. The van der Waals surface area contributed by atoms with Crippen molar-refractivity contribution in [1.82, 2.24) is 14.9 Å². The number of rotatable bonds is 4. The first kappa shape index (κ1) is 21.2. The molecule has 158 valence electrons. The lowest BCUT2D eigenvalue weighted by atomic mass is 9.89.